The molecule has 36 heavy (non-hydrogen) atoms. The highest BCUT2D eigenvalue weighted by molar-refractivity contribution is 7.10. The van der Waals surface area contributed by atoms with Crippen molar-refractivity contribution in [3.63, 3.8) is 0 Å². The molecule has 0 saturated carbocycles. The number of benzene rings is 1. The van der Waals surface area contributed by atoms with Crippen LogP contribution in [0.5, 0.6) is 0 Å². The summed E-state index contributed by atoms with van der Waals surface area (Å²) in [7, 11) is 0. The van der Waals surface area contributed by atoms with Crippen molar-refractivity contribution in [3.05, 3.63) is 76.1 Å². The van der Waals surface area contributed by atoms with E-state index in [4.69, 9.17) is 0 Å². The maximum atomic E-state index is 13.1. The fourth-order valence-electron chi connectivity index (χ4n) is 4.27. The molecule has 188 valence electrons. The van der Waals surface area contributed by atoms with Crippen molar-refractivity contribution in [2.45, 2.75) is 45.6 Å². The molecule has 0 spiro atoms. The minimum absolute atomic E-state index is 0.00558. The van der Waals surface area contributed by atoms with Crippen molar-refractivity contribution < 1.29 is 19.5 Å². The van der Waals surface area contributed by atoms with Crippen molar-refractivity contribution in [2.24, 2.45) is 5.41 Å². The maximum absolute atomic E-state index is 13.1. The first-order valence-corrected chi connectivity index (χ1v) is 12.8. The van der Waals surface area contributed by atoms with E-state index in [2.05, 4.69) is 15.6 Å². The first-order valence-electron chi connectivity index (χ1n) is 11.9. The Morgan fingerprint density at radius 3 is 2.61 bits per heavy atom. The number of hydrogen-bond acceptors (Lipinski definition) is 5. The third-order valence-corrected chi connectivity index (χ3v) is 7.24. The second kappa shape index (κ2) is 10.9. The Bertz CT molecular complexity index is 1220. The van der Waals surface area contributed by atoms with Gasteiger partial charge in [0.1, 0.15) is 5.82 Å². The second-order valence-corrected chi connectivity index (χ2v) is 10.6. The zero-order valence-electron chi connectivity index (χ0n) is 20.4. The van der Waals surface area contributed by atoms with E-state index in [1.165, 1.54) is 0 Å². The van der Waals surface area contributed by atoms with Crippen molar-refractivity contribution in [3.8, 4) is 0 Å². The Kier molecular flexibility index (Phi) is 7.69. The van der Waals surface area contributed by atoms with Gasteiger partial charge in [0.15, 0.2) is 0 Å². The summed E-state index contributed by atoms with van der Waals surface area (Å²) >= 11 is 1.55. The van der Waals surface area contributed by atoms with E-state index in [1.54, 1.807) is 55.6 Å². The summed E-state index contributed by atoms with van der Waals surface area (Å²) in [6.45, 7) is 4.15. The molecule has 1 atom stereocenters. The minimum atomic E-state index is -0.830. The van der Waals surface area contributed by atoms with Crippen LogP contribution in [0.3, 0.4) is 0 Å². The van der Waals surface area contributed by atoms with Gasteiger partial charge in [-0.2, -0.15) is 0 Å². The number of likely N-dealkylation sites (tertiary alicyclic amines) is 1. The molecule has 0 bridgehead atoms. The summed E-state index contributed by atoms with van der Waals surface area (Å²) in [4.78, 5) is 44.0. The Hall–Kier alpha value is -3.72. The van der Waals surface area contributed by atoms with Gasteiger partial charge in [0.2, 0.25) is 5.91 Å². The molecule has 2 aromatic heterocycles. The van der Waals surface area contributed by atoms with Gasteiger partial charge < -0.3 is 15.3 Å². The normalized spacial score (nSPS) is 15.5. The standard InChI is InChI=1S/C27H30N4O4S/c1-27(2,25(33)34)15-21-14-19(17-36-21)22-9-6-12-31(22)24(32)13-18-10-11-23(28-16-18)30-26(35)29-20-7-4-3-5-8-20/h3-5,7-8,10-11,14,16-17,22H,6,9,12-13,15H2,1-2H3,(H,33,34)(H2,28,29,30,35). The quantitative estimate of drug-likeness (QED) is 0.382. The highest BCUT2D eigenvalue weighted by Crippen LogP contribution is 2.36. The van der Waals surface area contributed by atoms with Gasteiger partial charge in [-0.3, -0.25) is 14.9 Å². The van der Waals surface area contributed by atoms with Crippen LogP contribution in [0.4, 0.5) is 16.3 Å². The number of carboxylic acids is 1. The summed E-state index contributed by atoms with van der Waals surface area (Å²) < 4.78 is 0. The summed E-state index contributed by atoms with van der Waals surface area (Å²) in [6, 6.07) is 14.3. The van der Waals surface area contributed by atoms with Gasteiger partial charge in [-0.25, -0.2) is 9.78 Å². The first kappa shape index (κ1) is 25.4. The molecule has 3 aromatic rings. The molecule has 1 aliphatic rings. The molecule has 1 fully saturated rings. The number of anilines is 2. The number of hydrogen-bond donors (Lipinski definition) is 3. The number of aliphatic carboxylic acids is 1. The lowest BCUT2D eigenvalue weighted by Crippen LogP contribution is -2.31. The fraction of sp³-hybridized carbons (Fsp3) is 0.333. The number of aromatic nitrogens is 1. The van der Waals surface area contributed by atoms with Crippen LogP contribution in [0, 0.1) is 5.41 Å². The number of para-hydroxylation sites is 1. The van der Waals surface area contributed by atoms with Gasteiger partial charge in [-0.15, -0.1) is 11.3 Å². The van der Waals surface area contributed by atoms with Gasteiger partial charge in [-0.1, -0.05) is 24.3 Å². The summed E-state index contributed by atoms with van der Waals surface area (Å²) in [6.07, 6.45) is 4.12. The van der Waals surface area contributed by atoms with Gasteiger partial charge in [0, 0.05) is 23.3 Å². The predicted molar refractivity (Wildman–Crippen MR) is 140 cm³/mol. The van der Waals surface area contributed by atoms with Gasteiger partial charge >= 0.3 is 12.0 Å². The van der Waals surface area contributed by atoms with Crippen LogP contribution in [-0.2, 0) is 22.4 Å². The molecular formula is C27H30N4O4S. The van der Waals surface area contributed by atoms with Crippen LogP contribution in [0.15, 0.2) is 60.1 Å². The van der Waals surface area contributed by atoms with E-state index < -0.39 is 11.4 Å². The van der Waals surface area contributed by atoms with Crippen molar-refractivity contribution in [1.29, 1.82) is 0 Å². The van der Waals surface area contributed by atoms with Crippen molar-refractivity contribution in [1.82, 2.24) is 9.88 Å². The Morgan fingerprint density at radius 1 is 1.14 bits per heavy atom. The Labute approximate surface area is 214 Å². The molecule has 1 aromatic carbocycles. The summed E-state index contributed by atoms with van der Waals surface area (Å²) in [5.74, 6) is -0.393. The number of nitrogens with one attached hydrogen (secondary N) is 2. The van der Waals surface area contributed by atoms with E-state index in [0.29, 0.717) is 24.5 Å². The molecule has 8 nitrogen and oxygen atoms in total. The molecule has 0 radical (unpaired) electrons. The number of urea groups is 1. The summed E-state index contributed by atoms with van der Waals surface area (Å²) in [5, 5.41) is 16.9. The van der Waals surface area contributed by atoms with E-state index >= 15 is 0 Å². The number of carboxylic acid groups (broad SMARTS) is 1. The van der Waals surface area contributed by atoms with Gasteiger partial charge in [-0.05, 0) is 73.9 Å². The largest absolute Gasteiger partial charge is 0.481 e. The van der Waals surface area contributed by atoms with Gasteiger partial charge in [0.05, 0.1) is 17.9 Å². The van der Waals surface area contributed by atoms with E-state index in [1.807, 2.05) is 34.5 Å². The minimum Gasteiger partial charge on any atom is -0.481 e. The van der Waals surface area contributed by atoms with Crippen LogP contribution in [-0.4, -0.2) is 39.4 Å². The zero-order chi connectivity index (χ0) is 25.7. The monoisotopic (exact) mass is 506 g/mol. The van der Waals surface area contributed by atoms with Crippen LogP contribution >= 0.6 is 11.3 Å². The lowest BCUT2D eigenvalue weighted by molar-refractivity contribution is -0.146. The fourth-order valence-corrected chi connectivity index (χ4v) is 5.43. The average molecular weight is 507 g/mol. The zero-order valence-corrected chi connectivity index (χ0v) is 21.2. The number of pyridine rings is 1. The van der Waals surface area contributed by atoms with E-state index in [0.717, 1.165) is 28.8 Å². The predicted octanol–water partition coefficient (Wildman–Crippen LogP) is 5.35. The smallest absolute Gasteiger partial charge is 0.324 e. The third-order valence-electron chi connectivity index (χ3n) is 6.28. The van der Waals surface area contributed by atoms with E-state index in [9.17, 15) is 19.5 Å². The maximum Gasteiger partial charge on any atom is 0.324 e. The molecule has 1 aliphatic heterocycles. The molecule has 3 amide bonds. The average Bonchev–Trinajstić information content (AvgIpc) is 3.50. The van der Waals surface area contributed by atoms with Gasteiger partial charge in [0.25, 0.3) is 0 Å². The third kappa shape index (κ3) is 6.28. The van der Waals surface area contributed by atoms with Crippen LogP contribution in [0.2, 0.25) is 0 Å². The van der Waals surface area contributed by atoms with Crippen LogP contribution in [0.25, 0.3) is 0 Å². The lowest BCUT2D eigenvalue weighted by atomic mass is 9.88. The van der Waals surface area contributed by atoms with Crippen molar-refractivity contribution in [2.75, 3.05) is 17.2 Å². The molecular weight excluding hydrogens is 476 g/mol. The molecule has 0 aliphatic carbocycles. The molecule has 1 unspecified atom stereocenters. The van der Waals surface area contributed by atoms with Crippen LogP contribution in [0.1, 0.15) is 48.7 Å². The number of carbonyl (C=O) groups is 3. The Morgan fingerprint density at radius 2 is 1.92 bits per heavy atom. The van der Waals surface area contributed by atoms with E-state index in [-0.39, 0.29) is 24.4 Å². The second-order valence-electron chi connectivity index (χ2n) is 9.63. The number of thiophene rings is 1. The topological polar surface area (TPSA) is 112 Å². The first-order chi connectivity index (χ1) is 17.2. The SMILES string of the molecule is CC(C)(Cc1cc(C2CCCN2C(=O)Cc2ccc(NC(=O)Nc3ccccc3)nc2)cs1)C(=O)O. The number of nitrogens with zero attached hydrogens (tertiary/aromatic N) is 2. The van der Waals surface area contributed by atoms with Crippen LogP contribution < -0.4 is 10.6 Å². The Balaban J connectivity index is 1.34. The molecule has 1 saturated heterocycles. The summed E-state index contributed by atoms with van der Waals surface area (Å²) in [5.41, 5.74) is 1.70. The molecule has 9 heteroatoms. The molecule has 3 heterocycles. The highest BCUT2D eigenvalue weighted by atomic mass is 32.1. The van der Waals surface area contributed by atoms with Crippen molar-refractivity contribution >= 4 is 40.7 Å². The lowest BCUT2D eigenvalue weighted by Gasteiger charge is -2.24. The molecule has 3 N–H and O–H groups in total. The number of amides is 3. The molecule has 4 rings (SSSR count). The highest BCUT2D eigenvalue weighted by Gasteiger charge is 2.32. The number of carbonyl (C=O) groups excluding carboxylic acids is 2. The number of rotatable bonds is 8.